The minimum Gasteiger partial charge on any atom is -0.449 e. The molecule has 0 saturated heterocycles. The lowest BCUT2D eigenvalue weighted by Gasteiger charge is -2.21. The van der Waals surface area contributed by atoms with Gasteiger partial charge in [0.25, 0.3) is 0 Å². The maximum absolute atomic E-state index is 12.8. The highest BCUT2D eigenvalue weighted by Crippen LogP contribution is 2.09. The Kier molecular flexibility index (Phi) is 15.5. The fourth-order valence-electron chi connectivity index (χ4n) is 2.57. The van der Waals surface area contributed by atoms with Crippen molar-refractivity contribution in [2.45, 2.75) is 72.1 Å². The molecule has 200 valence electrons. The van der Waals surface area contributed by atoms with Gasteiger partial charge in [0.05, 0.1) is 18.8 Å². The first-order valence-corrected chi connectivity index (χ1v) is 11.5. The number of nitrogens with one attached hydrogen (secondary N) is 2. The molecule has 0 bridgehead atoms. The summed E-state index contributed by atoms with van der Waals surface area (Å²) in [4.78, 5) is 64.1. The summed E-state index contributed by atoms with van der Waals surface area (Å²) in [7, 11) is 0. The molecule has 0 aromatic heterocycles. The van der Waals surface area contributed by atoms with Crippen LogP contribution >= 0.6 is 0 Å². The van der Waals surface area contributed by atoms with Crippen molar-refractivity contribution in [3.63, 3.8) is 0 Å². The topological polar surface area (TPSA) is 202 Å². The van der Waals surface area contributed by atoms with Crippen LogP contribution in [0, 0.1) is 11.8 Å². The number of nitrogens with two attached hydrogens (primary N) is 2. The molecule has 0 spiro atoms. The minimum atomic E-state index is -1.26. The Morgan fingerprint density at radius 2 is 1.63 bits per heavy atom. The van der Waals surface area contributed by atoms with Crippen LogP contribution in [0.25, 0.3) is 0 Å². The Bertz CT molecular complexity index is 737. The molecule has 0 aromatic carbocycles. The summed E-state index contributed by atoms with van der Waals surface area (Å²) < 4.78 is 14.8. The first kappa shape index (κ1) is 31.6. The van der Waals surface area contributed by atoms with Gasteiger partial charge >= 0.3 is 12.2 Å². The molecule has 6 N–H and O–H groups in total. The highest BCUT2D eigenvalue weighted by molar-refractivity contribution is 5.92. The van der Waals surface area contributed by atoms with Crippen LogP contribution in [0.15, 0.2) is 4.99 Å². The average molecular weight is 502 g/mol. The third kappa shape index (κ3) is 16.0. The van der Waals surface area contributed by atoms with E-state index < -0.39 is 54.7 Å². The number of rotatable bonds is 16. The van der Waals surface area contributed by atoms with E-state index in [4.69, 9.17) is 25.7 Å². The van der Waals surface area contributed by atoms with Crippen LogP contribution < -0.4 is 22.1 Å². The number of carbonyl (C=O) groups is 5. The molecule has 0 saturated carbocycles. The molecular weight excluding hydrogens is 462 g/mol. The molecule has 0 rings (SSSR count). The predicted molar refractivity (Wildman–Crippen MR) is 127 cm³/mol. The molecule has 2 amide bonds. The standard InChI is InChI=1S/C22H39N5O8/c1-13(2)11-33-21(31)27-17(12-34-22(32)35-14(3)4)18(29)9-15(5)19(30)26-16(10-28)7-6-8-25-20(23)24/h10,13-17H,6-9,11-12H2,1-5H3,(H,26,30)(H,27,31)(H4,23,24,25)/t15-,16+,17-/m1/s1. The van der Waals surface area contributed by atoms with E-state index in [1.807, 2.05) is 13.8 Å². The van der Waals surface area contributed by atoms with Crippen molar-refractivity contribution in [1.82, 2.24) is 10.6 Å². The van der Waals surface area contributed by atoms with Crippen molar-refractivity contribution >= 4 is 36.2 Å². The number of hydrogen-bond donors (Lipinski definition) is 4. The molecule has 0 fully saturated rings. The quantitative estimate of drug-likeness (QED) is 0.0763. The molecule has 0 radical (unpaired) electrons. The van der Waals surface area contributed by atoms with Crippen molar-refractivity contribution in [3.8, 4) is 0 Å². The number of aldehydes is 1. The zero-order valence-electron chi connectivity index (χ0n) is 21.1. The van der Waals surface area contributed by atoms with Gasteiger partial charge in [-0.1, -0.05) is 20.8 Å². The average Bonchev–Trinajstić information content (AvgIpc) is 2.76. The molecule has 13 nitrogen and oxygen atoms in total. The molecule has 3 atom stereocenters. The van der Waals surface area contributed by atoms with Crippen LogP contribution in [-0.2, 0) is 28.6 Å². The number of guanidine groups is 1. The first-order chi connectivity index (χ1) is 16.3. The Hall–Kier alpha value is -3.38. The van der Waals surface area contributed by atoms with E-state index in [1.165, 1.54) is 6.92 Å². The lowest BCUT2D eigenvalue weighted by Crippen LogP contribution is -2.47. The van der Waals surface area contributed by atoms with Crippen LogP contribution in [0.5, 0.6) is 0 Å². The molecule has 0 aliphatic carbocycles. The lowest BCUT2D eigenvalue weighted by molar-refractivity contribution is -0.131. The van der Waals surface area contributed by atoms with Crippen LogP contribution in [-0.4, -0.2) is 74.1 Å². The second-order valence-electron chi connectivity index (χ2n) is 8.69. The smallest absolute Gasteiger partial charge is 0.449 e. The molecule has 13 heteroatoms. The molecule has 0 heterocycles. The van der Waals surface area contributed by atoms with Gasteiger partial charge in [0, 0.05) is 18.9 Å². The lowest BCUT2D eigenvalue weighted by atomic mass is 9.99. The van der Waals surface area contributed by atoms with Crippen LogP contribution in [0.4, 0.5) is 9.59 Å². The molecule has 0 unspecified atom stereocenters. The van der Waals surface area contributed by atoms with Crippen molar-refractivity contribution in [2.24, 2.45) is 28.3 Å². The van der Waals surface area contributed by atoms with Gasteiger partial charge in [-0.25, -0.2) is 9.59 Å². The molecular formula is C22H39N5O8. The van der Waals surface area contributed by atoms with E-state index in [0.717, 1.165) is 0 Å². The number of ketones is 1. The molecule has 0 aliphatic heterocycles. The second kappa shape index (κ2) is 17.1. The Labute approximate surface area is 205 Å². The Morgan fingerprint density at radius 3 is 2.17 bits per heavy atom. The first-order valence-electron chi connectivity index (χ1n) is 11.5. The van der Waals surface area contributed by atoms with E-state index >= 15 is 0 Å². The van der Waals surface area contributed by atoms with Crippen molar-refractivity contribution in [3.05, 3.63) is 0 Å². The normalized spacial score (nSPS) is 13.2. The largest absolute Gasteiger partial charge is 0.508 e. The highest BCUT2D eigenvalue weighted by atomic mass is 16.7. The number of alkyl carbamates (subject to hydrolysis) is 1. The predicted octanol–water partition coefficient (Wildman–Crippen LogP) is 0.631. The third-order valence-electron chi connectivity index (χ3n) is 4.34. The molecule has 0 aliphatic rings. The Balaban J connectivity index is 5.01. The Morgan fingerprint density at radius 1 is 0.971 bits per heavy atom. The van der Waals surface area contributed by atoms with Gasteiger partial charge in [-0.05, 0) is 32.6 Å². The number of nitrogens with zero attached hydrogens (tertiary/aromatic N) is 1. The van der Waals surface area contributed by atoms with E-state index in [9.17, 15) is 24.0 Å². The van der Waals surface area contributed by atoms with Gasteiger partial charge in [0.2, 0.25) is 5.91 Å². The number of amides is 2. The van der Waals surface area contributed by atoms with Gasteiger partial charge in [-0.3, -0.25) is 14.6 Å². The summed E-state index contributed by atoms with van der Waals surface area (Å²) in [5.74, 6) is -1.93. The third-order valence-corrected chi connectivity index (χ3v) is 4.34. The SMILES string of the molecule is CC(C)COC(=O)N[C@H](COC(=O)OC(C)C)C(=O)C[C@@H](C)C(=O)N[C@H](C=O)CCCN=C(N)N. The minimum absolute atomic E-state index is 0.0680. The number of aliphatic imine (C=N–C) groups is 1. The molecule has 35 heavy (non-hydrogen) atoms. The summed E-state index contributed by atoms with van der Waals surface area (Å²) >= 11 is 0. The fourth-order valence-corrected chi connectivity index (χ4v) is 2.57. The van der Waals surface area contributed by atoms with E-state index in [1.54, 1.807) is 13.8 Å². The van der Waals surface area contributed by atoms with Gasteiger partial charge in [0.15, 0.2) is 11.7 Å². The number of hydrogen-bond acceptors (Lipinski definition) is 9. The fraction of sp³-hybridized carbons (Fsp3) is 0.727. The maximum Gasteiger partial charge on any atom is 0.508 e. The van der Waals surface area contributed by atoms with Crippen LogP contribution in [0.1, 0.15) is 53.9 Å². The number of Topliss-reactive ketones (excluding diaryl/α,β-unsaturated/α-hetero) is 1. The number of ether oxygens (including phenoxy) is 3. The second-order valence-corrected chi connectivity index (χ2v) is 8.69. The van der Waals surface area contributed by atoms with E-state index in [0.29, 0.717) is 25.7 Å². The van der Waals surface area contributed by atoms with Crippen molar-refractivity contribution in [2.75, 3.05) is 19.8 Å². The van der Waals surface area contributed by atoms with E-state index in [2.05, 4.69) is 15.6 Å². The van der Waals surface area contributed by atoms with Gasteiger partial charge in [-0.15, -0.1) is 0 Å². The van der Waals surface area contributed by atoms with E-state index in [-0.39, 0.29) is 24.9 Å². The summed E-state index contributed by atoms with van der Waals surface area (Å²) in [6.45, 7) is 8.35. The zero-order chi connectivity index (χ0) is 27.0. The van der Waals surface area contributed by atoms with Gasteiger partial charge in [-0.2, -0.15) is 0 Å². The summed E-state index contributed by atoms with van der Waals surface area (Å²) in [6, 6.07) is -2.03. The summed E-state index contributed by atoms with van der Waals surface area (Å²) in [5, 5.41) is 4.91. The monoisotopic (exact) mass is 501 g/mol. The van der Waals surface area contributed by atoms with Crippen LogP contribution in [0.3, 0.4) is 0 Å². The number of carbonyl (C=O) groups excluding carboxylic acids is 5. The van der Waals surface area contributed by atoms with Crippen LogP contribution in [0.2, 0.25) is 0 Å². The van der Waals surface area contributed by atoms with Crippen molar-refractivity contribution in [1.29, 1.82) is 0 Å². The van der Waals surface area contributed by atoms with Crippen molar-refractivity contribution < 1.29 is 38.2 Å². The summed E-state index contributed by atoms with van der Waals surface area (Å²) in [5.41, 5.74) is 10.5. The zero-order valence-corrected chi connectivity index (χ0v) is 21.1. The summed E-state index contributed by atoms with van der Waals surface area (Å²) in [6.07, 6.45) is -1.23. The van der Waals surface area contributed by atoms with Gasteiger partial charge in [0.1, 0.15) is 18.9 Å². The maximum atomic E-state index is 12.8. The van der Waals surface area contributed by atoms with Gasteiger partial charge < -0.3 is 41.1 Å². The highest BCUT2D eigenvalue weighted by Gasteiger charge is 2.28. The molecule has 0 aromatic rings.